The van der Waals surface area contributed by atoms with Gasteiger partial charge in [-0.3, -0.25) is 0 Å². The normalized spacial score (nSPS) is 23.8. The van der Waals surface area contributed by atoms with E-state index in [1.165, 1.54) is 10.5 Å². The zero-order chi connectivity index (χ0) is 25.1. The minimum absolute atomic E-state index is 0.0409. The van der Waals surface area contributed by atoms with Gasteiger partial charge in [0.1, 0.15) is 0 Å². The third kappa shape index (κ3) is 4.11. The van der Waals surface area contributed by atoms with Crippen molar-refractivity contribution in [2.75, 3.05) is 20.8 Å². The zero-order valence-corrected chi connectivity index (χ0v) is 24.0. The predicted octanol–water partition coefficient (Wildman–Crippen LogP) is 4.98. The van der Waals surface area contributed by atoms with Crippen molar-refractivity contribution in [1.82, 2.24) is 0 Å². The van der Waals surface area contributed by atoms with E-state index in [1.807, 2.05) is 24.3 Å². The Morgan fingerprint density at radius 1 is 1.03 bits per heavy atom. The molecular formula is C27H32O7Sn. The molecule has 0 aliphatic carbocycles. The molecule has 0 radical (unpaired) electrons. The second kappa shape index (κ2) is 8.83. The Kier molecular flexibility index (Phi) is 6.10. The molecule has 4 atom stereocenters. The average molecular weight is 587 g/mol. The Hall–Kier alpha value is -2.55. The molecule has 4 unspecified atom stereocenters. The summed E-state index contributed by atoms with van der Waals surface area (Å²) in [7, 11) is 3.18. The SMILES string of the molecule is C=[C](C1Cc2c(ccc3c2OC2COc4cc(OC)c(OC)cc4C2C3OC(C)=O)O1)[Sn]([CH3])([CH3])[CH3]. The zero-order valence-electron chi connectivity index (χ0n) is 21.1. The molecular weight excluding hydrogens is 555 g/mol. The molecule has 5 rings (SSSR count). The summed E-state index contributed by atoms with van der Waals surface area (Å²) in [5.41, 5.74) is 2.72. The monoisotopic (exact) mass is 588 g/mol. The van der Waals surface area contributed by atoms with Crippen LogP contribution in [0.15, 0.2) is 34.4 Å². The quantitative estimate of drug-likeness (QED) is 0.361. The number of ether oxygens (including phenoxy) is 6. The molecule has 3 aliphatic heterocycles. The van der Waals surface area contributed by atoms with Crippen LogP contribution in [0.3, 0.4) is 0 Å². The number of hydrogen-bond acceptors (Lipinski definition) is 7. The van der Waals surface area contributed by atoms with Crippen molar-refractivity contribution in [2.24, 2.45) is 0 Å². The summed E-state index contributed by atoms with van der Waals surface area (Å²) in [6.45, 7) is 6.15. The first-order chi connectivity index (χ1) is 16.6. The first kappa shape index (κ1) is 24.2. The molecule has 0 amide bonds. The topological polar surface area (TPSA) is 72.5 Å². The van der Waals surface area contributed by atoms with Crippen LogP contribution in [0.5, 0.6) is 28.7 Å². The first-order valence-electron chi connectivity index (χ1n) is 11.9. The van der Waals surface area contributed by atoms with Crippen LogP contribution in [-0.4, -0.2) is 57.4 Å². The molecule has 2 aromatic carbocycles. The summed E-state index contributed by atoms with van der Waals surface area (Å²) >= 11 is -2.36. The van der Waals surface area contributed by atoms with Gasteiger partial charge in [0.2, 0.25) is 0 Å². The van der Waals surface area contributed by atoms with Crippen molar-refractivity contribution >= 4 is 24.3 Å². The van der Waals surface area contributed by atoms with Gasteiger partial charge in [-0.1, -0.05) is 0 Å². The number of hydrogen-bond donors (Lipinski definition) is 0. The fourth-order valence-corrected chi connectivity index (χ4v) is 8.43. The van der Waals surface area contributed by atoms with Crippen molar-refractivity contribution in [1.29, 1.82) is 0 Å². The van der Waals surface area contributed by atoms with E-state index in [0.717, 1.165) is 28.2 Å². The minimum atomic E-state index is -2.36. The maximum atomic E-state index is 12.2. The van der Waals surface area contributed by atoms with Gasteiger partial charge in [-0.2, -0.15) is 0 Å². The van der Waals surface area contributed by atoms with Gasteiger partial charge in [0, 0.05) is 0 Å². The molecule has 0 N–H and O–H groups in total. The van der Waals surface area contributed by atoms with Crippen molar-refractivity contribution in [3.8, 4) is 28.7 Å². The summed E-state index contributed by atoms with van der Waals surface area (Å²) in [5.74, 6) is 2.78. The van der Waals surface area contributed by atoms with Gasteiger partial charge < -0.3 is 4.74 Å². The maximum absolute atomic E-state index is 12.2. The van der Waals surface area contributed by atoms with E-state index < -0.39 is 24.5 Å². The van der Waals surface area contributed by atoms with Crippen LogP contribution in [0, 0.1) is 0 Å². The fourth-order valence-electron chi connectivity index (χ4n) is 5.22. The number of esters is 1. The van der Waals surface area contributed by atoms with Crippen LogP contribution in [0.2, 0.25) is 14.8 Å². The third-order valence-electron chi connectivity index (χ3n) is 7.13. The van der Waals surface area contributed by atoms with Crippen LogP contribution >= 0.6 is 0 Å². The van der Waals surface area contributed by atoms with E-state index in [2.05, 4.69) is 21.4 Å². The number of carbonyl (C=O) groups is 1. The number of methoxy groups -OCH3 is 2. The van der Waals surface area contributed by atoms with Crippen molar-refractivity contribution in [3.05, 3.63) is 51.1 Å². The average Bonchev–Trinajstić information content (AvgIpc) is 3.26. The molecule has 0 bridgehead atoms. The summed E-state index contributed by atoms with van der Waals surface area (Å²) in [6, 6.07) is 7.63. The Morgan fingerprint density at radius 2 is 1.74 bits per heavy atom. The summed E-state index contributed by atoms with van der Waals surface area (Å²) in [5, 5.41) is 0. The Labute approximate surface area is 210 Å². The summed E-state index contributed by atoms with van der Waals surface area (Å²) in [6.07, 6.45) is -0.205. The third-order valence-corrected chi connectivity index (χ3v) is 13.6. The van der Waals surface area contributed by atoms with E-state index in [0.29, 0.717) is 30.3 Å². The summed E-state index contributed by atoms with van der Waals surface area (Å²) in [4.78, 5) is 19.3. The predicted molar refractivity (Wildman–Crippen MR) is 134 cm³/mol. The molecule has 35 heavy (non-hydrogen) atoms. The number of carbonyl (C=O) groups excluding carboxylic acids is 1. The molecule has 0 saturated carbocycles. The fraction of sp³-hybridized carbons (Fsp3) is 0.444. The molecule has 186 valence electrons. The van der Waals surface area contributed by atoms with E-state index >= 15 is 0 Å². The molecule has 3 heterocycles. The van der Waals surface area contributed by atoms with Crippen LogP contribution < -0.4 is 23.7 Å². The van der Waals surface area contributed by atoms with Crippen LogP contribution in [-0.2, 0) is 16.0 Å². The van der Waals surface area contributed by atoms with Gasteiger partial charge in [-0.05, 0) is 0 Å². The van der Waals surface area contributed by atoms with Gasteiger partial charge in [0.25, 0.3) is 0 Å². The number of rotatable bonds is 5. The van der Waals surface area contributed by atoms with E-state index in [-0.39, 0.29) is 24.1 Å². The molecule has 0 saturated heterocycles. The van der Waals surface area contributed by atoms with E-state index in [9.17, 15) is 4.79 Å². The first-order valence-corrected chi connectivity index (χ1v) is 21.9. The van der Waals surface area contributed by atoms with Gasteiger partial charge in [-0.15, -0.1) is 0 Å². The van der Waals surface area contributed by atoms with Gasteiger partial charge in [-0.25, -0.2) is 0 Å². The summed E-state index contributed by atoms with van der Waals surface area (Å²) < 4.78 is 37.2. The number of fused-ring (bicyclic) bond motifs is 6. The van der Waals surface area contributed by atoms with Gasteiger partial charge in [0.15, 0.2) is 0 Å². The van der Waals surface area contributed by atoms with Crippen molar-refractivity contribution < 1.29 is 33.2 Å². The Balaban J connectivity index is 1.59. The Bertz CT molecular complexity index is 1200. The van der Waals surface area contributed by atoms with Crippen LogP contribution in [0.4, 0.5) is 0 Å². The molecule has 7 nitrogen and oxygen atoms in total. The van der Waals surface area contributed by atoms with Crippen molar-refractivity contribution in [2.45, 2.75) is 52.4 Å². The molecule has 3 aliphatic rings. The molecule has 0 fully saturated rings. The molecule has 2 aromatic rings. The van der Waals surface area contributed by atoms with E-state index in [4.69, 9.17) is 28.4 Å². The van der Waals surface area contributed by atoms with Gasteiger partial charge >= 0.3 is 192 Å². The van der Waals surface area contributed by atoms with Crippen LogP contribution in [0.25, 0.3) is 0 Å². The van der Waals surface area contributed by atoms with Gasteiger partial charge in [0.05, 0.1) is 14.2 Å². The van der Waals surface area contributed by atoms with Crippen LogP contribution in [0.1, 0.15) is 35.6 Å². The molecule has 0 spiro atoms. The van der Waals surface area contributed by atoms with Crippen molar-refractivity contribution in [3.63, 3.8) is 0 Å². The second-order valence-electron chi connectivity index (χ2n) is 10.3. The molecule has 8 heteroatoms. The van der Waals surface area contributed by atoms with E-state index in [1.54, 1.807) is 14.2 Å². The molecule has 0 aromatic heterocycles. The standard InChI is InChI=1S/C24H23O7.3CH3.Sn/c1-5-13-8-16-17(30-13)7-6-14-23(16)31-21-11-28-18-10-20(27-4)19(26-3)9-15(18)22(21)24(14)29-12(2)25;;;;/h6-7,9-10,13,21-22,24H,1,8,11H2,2-4H3;3*1H3;. The number of benzene rings is 2. The second-order valence-corrected chi connectivity index (χ2v) is 25.0. The Morgan fingerprint density at radius 3 is 2.40 bits per heavy atom.